The molecule has 0 spiro atoms. The molecule has 132 valence electrons. The number of nitrogens with one attached hydrogen (secondary N) is 1. The second kappa shape index (κ2) is 8.78. The van der Waals surface area contributed by atoms with Crippen LogP contribution in [0.25, 0.3) is 5.57 Å². The SMILES string of the molecule is COc1ccc(CCNC(=O)C(=CO)c2cccc(C)c2)cc1OC. The predicted molar refractivity (Wildman–Crippen MR) is 98.0 cm³/mol. The molecule has 0 saturated carbocycles. The zero-order valence-corrected chi connectivity index (χ0v) is 14.7. The number of aliphatic hydroxyl groups is 1. The van der Waals surface area contributed by atoms with E-state index in [9.17, 15) is 9.90 Å². The van der Waals surface area contributed by atoms with Gasteiger partial charge in [-0.15, -0.1) is 0 Å². The van der Waals surface area contributed by atoms with E-state index in [1.165, 1.54) is 0 Å². The molecule has 0 atom stereocenters. The van der Waals surface area contributed by atoms with Crippen molar-refractivity contribution < 1.29 is 19.4 Å². The summed E-state index contributed by atoms with van der Waals surface area (Å²) in [5.74, 6) is 1.01. The number of carbonyl (C=O) groups excluding carboxylic acids is 1. The number of carbonyl (C=O) groups is 1. The van der Waals surface area contributed by atoms with E-state index in [-0.39, 0.29) is 11.5 Å². The van der Waals surface area contributed by atoms with Gasteiger partial charge >= 0.3 is 0 Å². The van der Waals surface area contributed by atoms with E-state index in [2.05, 4.69) is 5.32 Å². The van der Waals surface area contributed by atoms with Crippen molar-refractivity contribution in [2.45, 2.75) is 13.3 Å². The van der Waals surface area contributed by atoms with E-state index in [1.54, 1.807) is 20.3 Å². The molecule has 2 aromatic rings. The Morgan fingerprint density at radius 2 is 1.88 bits per heavy atom. The van der Waals surface area contributed by atoms with Gasteiger partial charge in [0, 0.05) is 6.54 Å². The maximum Gasteiger partial charge on any atom is 0.255 e. The van der Waals surface area contributed by atoms with Gasteiger partial charge in [-0.1, -0.05) is 35.9 Å². The fourth-order valence-corrected chi connectivity index (χ4v) is 2.53. The zero-order chi connectivity index (χ0) is 18.2. The fourth-order valence-electron chi connectivity index (χ4n) is 2.53. The van der Waals surface area contributed by atoms with Crippen LogP contribution in [0.15, 0.2) is 48.7 Å². The van der Waals surface area contributed by atoms with Gasteiger partial charge in [-0.25, -0.2) is 0 Å². The van der Waals surface area contributed by atoms with Gasteiger partial charge in [0.2, 0.25) is 0 Å². The summed E-state index contributed by atoms with van der Waals surface area (Å²) in [5, 5.41) is 12.3. The summed E-state index contributed by atoms with van der Waals surface area (Å²) in [7, 11) is 3.18. The third kappa shape index (κ3) is 4.76. The van der Waals surface area contributed by atoms with E-state index in [4.69, 9.17) is 9.47 Å². The lowest BCUT2D eigenvalue weighted by atomic mass is 10.0. The van der Waals surface area contributed by atoms with Gasteiger partial charge in [-0.2, -0.15) is 0 Å². The molecule has 1 amide bonds. The van der Waals surface area contributed by atoms with Gasteiger partial charge < -0.3 is 19.9 Å². The van der Waals surface area contributed by atoms with Crippen LogP contribution in [0.4, 0.5) is 0 Å². The molecular formula is C20H23NO4. The minimum atomic E-state index is -0.312. The molecule has 0 bridgehead atoms. The zero-order valence-electron chi connectivity index (χ0n) is 14.7. The van der Waals surface area contributed by atoms with Gasteiger partial charge in [0.05, 0.1) is 26.1 Å². The molecule has 0 aliphatic carbocycles. The van der Waals surface area contributed by atoms with Crippen LogP contribution < -0.4 is 14.8 Å². The maximum atomic E-state index is 12.3. The van der Waals surface area contributed by atoms with Crippen molar-refractivity contribution in [2.75, 3.05) is 20.8 Å². The van der Waals surface area contributed by atoms with E-state index in [1.807, 2.05) is 43.3 Å². The third-order valence-corrected chi connectivity index (χ3v) is 3.85. The highest BCUT2D eigenvalue weighted by Gasteiger charge is 2.12. The predicted octanol–water partition coefficient (Wildman–Crippen LogP) is 3.27. The molecule has 0 saturated heterocycles. The number of methoxy groups -OCH3 is 2. The lowest BCUT2D eigenvalue weighted by Crippen LogP contribution is -2.26. The number of ether oxygens (including phenoxy) is 2. The molecule has 0 heterocycles. The molecule has 2 N–H and O–H groups in total. The number of hydrogen-bond donors (Lipinski definition) is 2. The molecule has 0 aromatic heterocycles. The molecule has 2 aromatic carbocycles. The average Bonchev–Trinajstić information content (AvgIpc) is 2.62. The quantitative estimate of drug-likeness (QED) is 0.599. The van der Waals surface area contributed by atoms with E-state index < -0.39 is 0 Å². The van der Waals surface area contributed by atoms with E-state index in [0.29, 0.717) is 30.0 Å². The molecule has 0 aliphatic rings. The molecular weight excluding hydrogens is 318 g/mol. The Balaban J connectivity index is 1.98. The lowest BCUT2D eigenvalue weighted by Gasteiger charge is -2.11. The highest BCUT2D eigenvalue weighted by Crippen LogP contribution is 2.27. The molecule has 0 unspecified atom stereocenters. The first kappa shape index (κ1) is 18.4. The Bertz CT molecular complexity index is 768. The third-order valence-electron chi connectivity index (χ3n) is 3.85. The van der Waals surface area contributed by atoms with Crippen LogP contribution in [0.3, 0.4) is 0 Å². The van der Waals surface area contributed by atoms with E-state index in [0.717, 1.165) is 17.4 Å². The average molecular weight is 341 g/mol. The van der Waals surface area contributed by atoms with Crippen molar-refractivity contribution in [1.82, 2.24) is 5.32 Å². The number of hydrogen-bond acceptors (Lipinski definition) is 4. The summed E-state index contributed by atoms with van der Waals surface area (Å²) in [6, 6.07) is 13.1. The van der Waals surface area contributed by atoms with Gasteiger partial charge in [0.1, 0.15) is 0 Å². The van der Waals surface area contributed by atoms with Crippen molar-refractivity contribution in [3.05, 3.63) is 65.4 Å². The second-order valence-corrected chi connectivity index (χ2v) is 5.61. The molecule has 2 rings (SSSR count). The highest BCUT2D eigenvalue weighted by atomic mass is 16.5. The summed E-state index contributed by atoms with van der Waals surface area (Å²) in [6.07, 6.45) is 1.49. The Morgan fingerprint density at radius 1 is 1.12 bits per heavy atom. The smallest absolute Gasteiger partial charge is 0.255 e. The van der Waals surface area contributed by atoms with Crippen molar-refractivity contribution in [3.8, 4) is 11.5 Å². The summed E-state index contributed by atoms with van der Waals surface area (Å²) in [6.45, 7) is 2.38. The Kier molecular flexibility index (Phi) is 6.46. The molecule has 5 nitrogen and oxygen atoms in total. The van der Waals surface area contributed by atoms with Crippen LogP contribution in [0.1, 0.15) is 16.7 Å². The molecule has 0 aliphatic heterocycles. The lowest BCUT2D eigenvalue weighted by molar-refractivity contribution is -0.115. The first-order valence-electron chi connectivity index (χ1n) is 7.99. The second-order valence-electron chi connectivity index (χ2n) is 5.61. The van der Waals surface area contributed by atoms with Crippen molar-refractivity contribution in [1.29, 1.82) is 0 Å². The van der Waals surface area contributed by atoms with Crippen LogP contribution in [0, 0.1) is 6.92 Å². The van der Waals surface area contributed by atoms with Crippen molar-refractivity contribution >= 4 is 11.5 Å². The summed E-state index contributed by atoms with van der Waals surface area (Å²) >= 11 is 0. The maximum absolute atomic E-state index is 12.3. The number of benzene rings is 2. The standard InChI is InChI=1S/C20H23NO4/c1-14-5-4-6-16(11-14)17(13-22)20(23)21-10-9-15-7-8-18(24-2)19(12-15)25-3/h4-8,11-13,22H,9-10H2,1-3H3,(H,21,23). The van der Waals surface area contributed by atoms with Gasteiger partial charge in [0.25, 0.3) is 5.91 Å². The minimum absolute atomic E-state index is 0.246. The monoisotopic (exact) mass is 341 g/mol. The Labute approximate surface area is 147 Å². The minimum Gasteiger partial charge on any atom is -0.515 e. The Hall–Kier alpha value is -2.95. The first-order chi connectivity index (χ1) is 12.1. The topological polar surface area (TPSA) is 67.8 Å². The number of aryl methyl sites for hydroxylation is 1. The fraction of sp³-hybridized carbons (Fsp3) is 0.250. The van der Waals surface area contributed by atoms with Gasteiger partial charge in [0.15, 0.2) is 11.5 Å². The van der Waals surface area contributed by atoms with Crippen LogP contribution in [-0.2, 0) is 11.2 Å². The van der Waals surface area contributed by atoms with Crippen LogP contribution in [-0.4, -0.2) is 31.8 Å². The molecule has 0 fully saturated rings. The van der Waals surface area contributed by atoms with Crippen LogP contribution in [0.2, 0.25) is 0 Å². The molecule has 25 heavy (non-hydrogen) atoms. The van der Waals surface area contributed by atoms with Crippen molar-refractivity contribution in [2.24, 2.45) is 0 Å². The van der Waals surface area contributed by atoms with E-state index >= 15 is 0 Å². The molecule has 5 heteroatoms. The summed E-state index contributed by atoms with van der Waals surface area (Å²) < 4.78 is 10.5. The van der Waals surface area contributed by atoms with Gasteiger partial charge in [-0.3, -0.25) is 4.79 Å². The van der Waals surface area contributed by atoms with Crippen LogP contribution >= 0.6 is 0 Å². The van der Waals surface area contributed by atoms with Gasteiger partial charge in [-0.05, 0) is 36.6 Å². The molecule has 0 radical (unpaired) electrons. The Morgan fingerprint density at radius 3 is 2.52 bits per heavy atom. The first-order valence-corrected chi connectivity index (χ1v) is 7.99. The summed E-state index contributed by atoms with van der Waals surface area (Å²) in [4.78, 5) is 12.3. The summed E-state index contributed by atoms with van der Waals surface area (Å²) in [5.41, 5.74) is 2.97. The largest absolute Gasteiger partial charge is 0.515 e. The van der Waals surface area contributed by atoms with Crippen molar-refractivity contribution in [3.63, 3.8) is 0 Å². The van der Waals surface area contributed by atoms with Crippen LogP contribution in [0.5, 0.6) is 11.5 Å². The normalized spacial score (nSPS) is 11.1. The highest BCUT2D eigenvalue weighted by molar-refractivity contribution is 6.19. The number of rotatable bonds is 7. The number of aliphatic hydroxyl groups excluding tert-OH is 1. The number of amides is 1.